The molecule has 0 aromatic heterocycles. The van der Waals surface area contributed by atoms with Crippen LogP contribution in [-0.2, 0) is 4.79 Å². The van der Waals surface area contributed by atoms with Gasteiger partial charge in [0.25, 0.3) is 0 Å². The lowest BCUT2D eigenvalue weighted by molar-refractivity contribution is -0.122. The Hall–Kier alpha value is -0.570. The Morgan fingerprint density at radius 3 is 2.43 bits per heavy atom. The molecule has 1 unspecified atom stereocenters. The smallest absolute Gasteiger partial charge is 0.237 e. The Morgan fingerprint density at radius 1 is 1.43 bits per heavy atom. The molecule has 1 amide bonds. The normalized spacial score (nSPS) is 19.1. The standard InChI is InChI=1S/C11H22N2O/c1-8(12-7-11(2,3)4)10(14)13-9-5-6-9/h8-9,12H,5-7H2,1-4H3,(H,13,14). The number of amides is 1. The van der Waals surface area contributed by atoms with Crippen molar-refractivity contribution in [2.75, 3.05) is 6.54 Å². The van der Waals surface area contributed by atoms with Gasteiger partial charge in [-0.2, -0.15) is 0 Å². The molecule has 3 heteroatoms. The third kappa shape index (κ3) is 4.61. The van der Waals surface area contributed by atoms with Crippen LogP contribution >= 0.6 is 0 Å². The average Bonchev–Trinajstić information content (AvgIpc) is 2.82. The highest BCUT2D eigenvalue weighted by Crippen LogP contribution is 2.18. The van der Waals surface area contributed by atoms with Gasteiger partial charge < -0.3 is 10.6 Å². The predicted molar refractivity (Wildman–Crippen MR) is 58.1 cm³/mol. The number of hydrogen-bond donors (Lipinski definition) is 2. The molecule has 1 aliphatic carbocycles. The van der Waals surface area contributed by atoms with E-state index in [1.807, 2.05) is 6.92 Å². The third-order valence-corrected chi connectivity index (χ3v) is 2.26. The molecule has 14 heavy (non-hydrogen) atoms. The minimum Gasteiger partial charge on any atom is -0.352 e. The molecule has 1 aliphatic rings. The van der Waals surface area contributed by atoms with Crippen molar-refractivity contribution < 1.29 is 4.79 Å². The van der Waals surface area contributed by atoms with E-state index in [-0.39, 0.29) is 17.4 Å². The highest BCUT2D eigenvalue weighted by molar-refractivity contribution is 5.81. The van der Waals surface area contributed by atoms with Crippen LogP contribution in [-0.4, -0.2) is 24.5 Å². The van der Waals surface area contributed by atoms with Gasteiger partial charge >= 0.3 is 0 Å². The van der Waals surface area contributed by atoms with E-state index in [9.17, 15) is 4.79 Å². The molecule has 82 valence electrons. The minimum absolute atomic E-state index is 0.0742. The van der Waals surface area contributed by atoms with Crippen molar-refractivity contribution in [1.82, 2.24) is 10.6 Å². The Kier molecular flexibility index (Phi) is 3.53. The number of rotatable bonds is 4. The van der Waals surface area contributed by atoms with Crippen molar-refractivity contribution in [1.29, 1.82) is 0 Å². The summed E-state index contributed by atoms with van der Waals surface area (Å²) in [6.45, 7) is 9.26. The maximum atomic E-state index is 11.5. The lowest BCUT2D eigenvalue weighted by atomic mass is 9.96. The van der Waals surface area contributed by atoms with Gasteiger partial charge in [-0.1, -0.05) is 20.8 Å². The summed E-state index contributed by atoms with van der Waals surface area (Å²) in [5.74, 6) is 0.136. The second-order valence-corrected chi connectivity index (χ2v) is 5.45. The van der Waals surface area contributed by atoms with Gasteiger partial charge in [-0.05, 0) is 25.2 Å². The first-order chi connectivity index (χ1) is 6.38. The van der Waals surface area contributed by atoms with Crippen molar-refractivity contribution in [3.63, 3.8) is 0 Å². The summed E-state index contributed by atoms with van der Waals surface area (Å²) in [5, 5.41) is 6.23. The molecular formula is C11H22N2O. The van der Waals surface area contributed by atoms with Crippen LogP contribution in [0.4, 0.5) is 0 Å². The molecule has 2 N–H and O–H groups in total. The predicted octanol–water partition coefficient (Wildman–Crippen LogP) is 1.29. The largest absolute Gasteiger partial charge is 0.352 e. The maximum Gasteiger partial charge on any atom is 0.237 e. The lowest BCUT2D eigenvalue weighted by Gasteiger charge is -2.22. The fraction of sp³-hybridized carbons (Fsp3) is 0.909. The molecule has 1 rings (SSSR count). The number of carbonyl (C=O) groups is 1. The molecule has 0 aromatic carbocycles. The van der Waals surface area contributed by atoms with Crippen molar-refractivity contribution >= 4 is 5.91 Å². The monoisotopic (exact) mass is 198 g/mol. The number of nitrogens with one attached hydrogen (secondary N) is 2. The topological polar surface area (TPSA) is 41.1 Å². The van der Waals surface area contributed by atoms with Crippen LogP contribution in [0.5, 0.6) is 0 Å². The zero-order valence-electron chi connectivity index (χ0n) is 9.68. The molecular weight excluding hydrogens is 176 g/mol. The SMILES string of the molecule is CC(NCC(C)(C)C)C(=O)NC1CC1. The highest BCUT2D eigenvalue weighted by atomic mass is 16.2. The van der Waals surface area contributed by atoms with Crippen molar-refractivity contribution in [3.8, 4) is 0 Å². The van der Waals surface area contributed by atoms with Gasteiger partial charge in [0.2, 0.25) is 5.91 Å². The third-order valence-electron chi connectivity index (χ3n) is 2.26. The average molecular weight is 198 g/mol. The first-order valence-electron chi connectivity index (χ1n) is 5.42. The van der Waals surface area contributed by atoms with Crippen LogP contribution in [0, 0.1) is 5.41 Å². The second-order valence-electron chi connectivity index (χ2n) is 5.45. The van der Waals surface area contributed by atoms with E-state index in [1.165, 1.54) is 0 Å². The quantitative estimate of drug-likeness (QED) is 0.714. The maximum absolute atomic E-state index is 11.5. The summed E-state index contributed by atoms with van der Waals surface area (Å²) in [7, 11) is 0. The first kappa shape index (κ1) is 11.5. The first-order valence-corrected chi connectivity index (χ1v) is 5.42. The number of hydrogen-bond acceptors (Lipinski definition) is 2. The minimum atomic E-state index is -0.0742. The van der Waals surface area contributed by atoms with E-state index in [0.29, 0.717) is 6.04 Å². The van der Waals surface area contributed by atoms with Gasteiger partial charge in [0.05, 0.1) is 6.04 Å². The molecule has 0 heterocycles. The molecule has 0 bridgehead atoms. The Morgan fingerprint density at radius 2 is 2.00 bits per heavy atom. The van der Waals surface area contributed by atoms with Crippen LogP contribution in [0.3, 0.4) is 0 Å². The van der Waals surface area contributed by atoms with Gasteiger partial charge in [0.15, 0.2) is 0 Å². The molecule has 1 atom stereocenters. The van der Waals surface area contributed by atoms with E-state index in [2.05, 4.69) is 31.4 Å². The van der Waals surface area contributed by atoms with Crippen LogP contribution in [0.25, 0.3) is 0 Å². The van der Waals surface area contributed by atoms with Crippen LogP contribution in [0.15, 0.2) is 0 Å². The van der Waals surface area contributed by atoms with Gasteiger partial charge in [0, 0.05) is 12.6 Å². The molecule has 0 aromatic rings. The Balaban J connectivity index is 2.19. The molecule has 1 saturated carbocycles. The summed E-state index contributed by atoms with van der Waals surface area (Å²) >= 11 is 0. The summed E-state index contributed by atoms with van der Waals surface area (Å²) < 4.78 is 0. The summed E-state index contributed by atoms with van der Waals surface area (Å²) in [4.78, 5) is 11.5. The highest BCUT2D eigenvalue weighted by Gasteiger charge is 2.25. The van der Waals surface area contributed by atoms with Crippen molar-refractivity contribution in [3.05, 3.63) is 0 Å². The summed E-state index contributed by atoms with van der Waals surface area (Å²) in [6, 6.07) is 0.385. The van der Waals surface area contributed by atoms with E-state index < -0.39 is 0 Å². The lowest BCUT2D eigenvalue weighted by Crippen LogP contribution is -2.45. The van der Waals surface area contributed by atoms with Crippen molar-refractivity contribution in [2.45, 2.75) is 52.6 Å². The molecule has 0 aliphatic heterocycles. The fourth-order valence-corrected chi connectivity index (χ4v) is 1.11. The summed E-state index contributed by atoms with van der Waals surface area (Å²) in [6.07, 6.45) is 2.30. The zero-order valence-corrected chi connectivity index (χ0v) is 9.68. The number of carbonyl (C=O) groups excluding carboxylic acids is 1. The van der Waals surface area contributed by atoms with Gasteiger partial charge in [-0.15, -0.1) is 0 Å². The van der Waals surface area contributed by atoms with E-state index in [1.54, 1.807) is 0 Å². The molecule has 0 radical (unpaired) electrons. The van der Waals surface area contributed by atoms with Crippen molar-refractivity contribution in [2.24, 2.45) is 5.41 Å². The van der Waals surface area contributed by atoms with Gasteiger partial charge in [0.1, 0.15) is 0 Å². The Labute approximate surface area is 86.6 Å². The van der Waals surface area contributed by atoms with Gasteiger partial charge in [-0.3, -0.25) is 4.79 Å². The van der Waals surface area contributed by atoms with E-state index in [4.69, 9.17) is 0 Å². The zero-order chi connectivity index (χ0) is 10.8. The van der Waals surface area contributed by atoms with E-state index >= 15 is 0 Å². The van der Waals surface area contributed by atoms with Crippen LogP contribution < -0.4 is 10.6 Å². The molecule has 0 saturated heterocycles. The second kappa shape index (κ2) is 4.30. The Bertz CT molecular complexity index is 204. The summed E-state index contributed by atoms with van der Waals surface area (Å²) in [5.41, 5.74) is 0.230. The molecule has 0 spiro atoms. The van der Waals surface area contributed by atoms with E-state index in [0.717, 1.165) is 19.4 Å². The van der Waals surface area contributed by atoms with Gasteiger partial charge in [-0.25, -0.2) is 0 Å². The van der Waals surface area contributed by atoms with Crippen LogP contribution in [0.2, 0.25) is 0 Å². The van der Waals surface area contributed by atoms with Crippen LogP contribution in [0.1, 0.15) is 40.5 Å². The molecule has 1 fully saturated rings. The molecule has 3 nitrogen and oxygen atoms in total. The fourth-order valence-electron chi connectivity index (χ4n) is 1.11.